The molecule has 104 valence electrons. The minimum atomic E-state index is -3.68. The lowest BCUT2D eigenvalue weighted by Gasteiger charge is -2.21. The molecule has 0 aromatic heterocycles. The highest BCUT2D eigenvalue weighted by molar-refractivity contribution is 7.89. The molecular formula is C12H16N2O4S. The molecule has 2 N–H and O–H groups in total. The number of anilines is 1. The highest BCUT2D eigenvalue weighted by atomic mass is 32.2. The zero-order chi connectivity index (χ0) is 14.0. The van der Waals surface area contributed by atoms with E-state index in [0.717, 1.165) is 25.9 Å². The lowest BCUT2D eigenvalue weighted by atomic mass is 10.2. The molecule has 1 aromatic rings. The highest BCUT2D eigenvalue weighted by Gasteiger charge is 2.24. The number of hydrogen-bond donors (Lipinski definition) is 2. The summed E-state index contributed by atoms with van der Waals surface area (Å²) in [5.74, 6) is -1.14. The van der Waals surface area contributed by atoms with Gasteiger partial charge in [0.2, 0.25) is 10.0 Å². The van der Waals surface area contributed by atoms with Crippen LogP contribution in [0.3, 0.4) is 0 Å². The van der Waals surface area contributed by atoms with Crippen molar-refractivity contribution < 1.29 is 18.3 Å². The van der Waals surface area contributed by atoms with Crippen LogP contribution in [0.25, 0.3) is 0 Å². The van der Waals surface area contributed by atoms with Crippen LogP contribution >= 0.6 is 0 Å². The van der Waals surface area contributed by atoms with Gasteiger partial charge in [-0.3, -0.25) is 0 Å². The summed E-state index contributed by atoms with van der Waals surface area (Å²) in [5.41, 5.74) is 0.536. The minimum absolute atomic E-state index is 0.0248. The van der Waals surface area contributed by atoms with Crippen molar-refractivity contribution in [1.82, 2.24) is 4.72 Å². The van der Waals surface area contributed by atoms with Gasteiger partial charge in [-0.25, -0.2) is 17.9 Å². The zero-order valence-corrected chi connectivity index (χ0v) is 11.4. The lowest BCUT2D eigenvalue weighted by molar-refractivity contribution is 0.0696. The average molecular weight is 284 g/mol. The van der Waals surface area contributed by atoms with E-state index in [-0.39, 0.29) is 10.5 Å². The van der Waals surface area contributed by atoms with Crippen LogP contribution < -0.4 is 9.62 Å². The second-order valence-corrected chi connectivity index (χ2v) is 6.24. The maximum Gasteiger partial charge on any atom is 0.335 e. The molecule has 0 saturated carbocycles. The fourth-order valence-corrected chi connectivity index (χ4v) is 3.17. The van der Waals surface area contributed by atoms with E-state index in [9.17, 15) is 13.2 Å². The van der Waals surface area contributed by atoms with Crippen LogP contribution in [-0.2, 0) is 10.0 Å². The molecule has 6 nitrogen and oxygen atoms in total. The van der Waals surface area contributed by atoms with Crippen molar-refractivity contribution in [2.75, 3.05) is 25.0 Å². The lowest BCUT2D eigenvalue weighted by Crippen LogP contribution is -2.25. The molecule has 19 heavy (non-hydrogen) atoms. The molecule has 1 aliphatic rings. The van der Waals surface area contributed by atoms with Crippen molar-refractivity contribution in [2.24, 2.45) is 0 Å². The van der Waals surface area contributed by atoms with Crippen LogP contribution in [0, 0.1) is 0 Å². The van der Waals surface area contributed by atoms with E-state index in [1.165, 1.54) is 19.2 Å². The number of aromatic carboxylic acids is 1. The summed E-state index contributed by atoms with van der Waals surface area (Å²) >= 11 is 0. The first-order valence-electron chi connectivity index (χ1n) is 6.01. The van der Waals surface area contributed by atoms with Gasteiger partial charge in [0, 0.05) is 13.1 Å². The van der Waals surface area contributed by atoms with Gasteiger partial charge in [0.05, 0.1) is 11.3 Å². The van der Waals surface area contributed by atoms with Crippen molar-refractivity contribution in [1.29, 1.82) is 0 Å². The van der Waals surface area contributed by atoms with Gasteiger partial charge in [0.15, 0.2) is 0 Å². The molecular weight excluding hydrogens is 268 g/mol. The smallest absolute Gasteiger partial charge is 0.335 e. The van der Waals surface area contributed by atoms with Gasteiger partial charge in [-0.1, -0.05) is 0 Å². The molecule has 1 heterocycles. The molecule has 0 unspecified atom stereocenters. The van der Waals surface area contributed by atoms with Gasteiger partial charge < -0.3 is 10.0 Å². The largest absolute Gasteiger partial charge is 0.478 e. The predicted molar refractivity (Wildman–Crippen MR) is 71.1 cm³/mol. The first-order valence-corrected chi connectivity index (χ1v) is 7.50. The number of hydrogen-bond acceptors (Lipinski definition) is 4. The summed E-state index contributed by atoms with van der Waals surface area (Å²) < 4.78 is 26.3. The van der Waals surface area contributed by atoms with Crippen molar-refractivity contribution in [3.05, 3.63) is 23.8 Å². The van der Waals surface area contributed by atoms with Crippen molar-refractivity contribution in [3.63, 3.8) is 0 Å². The molecule has 1 fully saturated rings. The van der Waals surface area contributed by atoms with E-state index >= 15 is 0 Å². The van der Waals surface area contributed by atoms with Crippen molar-refractivity contribution in [2.45, 2.75) is 17.7 Å². The third-order valence-corrected chi connectivity index (χ3v) is 4.66. The van der Waals surface area contributed by atoms with Crippen LogP contribution in [0.2, 0.25) is 0 Å². The summed E-state index contributed by atoms with van der Waals surface area (Å²) in [7, 11) is -2.36. The van der Waals surface area contributed by atoms with Gasteiger partial charge in [-0.2, -0.15) is 0 Å². The van der Waals surface area contributed by atoms with E-state index in [1.807, 2.05) is 4.90 Å². The summed E-state index contributed by atoms with van der Waals surface area (Å²) in [6.45, 7) is 1.58. The van der Waals surface area contributed by atoms with E-state index in [1.54, 1.807) is 6.07 Å². The fourth-order valence-electron chi connectivity index (χ4n) is 2.19. The quantitative estimate of drug-likeness (QED) is 0.857. The van der Waals surface area contributed by atoms with Gasteiger partial charge in [-0.05, 0) is 38.1 Å². The number of nitrogens with zero attached hydrogens (tertiary/aromatic N) is 1. The maximum atomic E-state index is 12.0. The number of carboxylic acids is 1. The van der Waals surface area contributed by atoms with E-state index in [4.69, 9.17) is 5.11 Å². The van der Waals surface area contributed by atoms with E-state index in [0.29, 0.717) is 5.69 Å². The van der Waals surface area contributed by atoms with Gasteiger partial charge in [0.1, 0.15) is 4.90 Å². The van der Waals surface area contributed by atoms with Crippen LogP contribution in [0.4, 0.5) is 5.69 Å². The fraction of sp³-hybridized carbons (Fsp3) is 0.417. The minimum Gasteiger partial charge on any atom is -0.478 e. The van der Waals surface area contributed by atoms with Crippen molar-refractivity contribution >= 4 is 21.7 Å². The monoisotopic (exact) mass is 284 g/mol. The molecule has 2 rings (SSSR count). The molecule has 7 heteroatoms. The van der Waals surface area contributed by atoms with Gasteiger partial charge in [0.25, 0.3) is 0 Å². The number of carboxylic acid groups (broad SMARTS) is 1. The molecule has 0 amide bonds. The normalized spacial score (nSPS) is 15.7. The Bertz CT molecular complexity index is 592. The van der Waals surface area contributed by atoms with Crippen LogP contribution in [0.5, 0.6) is 0 Å². The number of carbonyl (C=O) groups is 1. The second kappa shape index (κ2) is 5.18. The topological polar surface area (TPSA) is 86.7 Å². The summed E-state index contributed by atoms with van der Waals surface area (Å²) in [6, 6.07) is 4.21. The number of rotatable bonds is 4. The molecule has 0 radical (unpaired) electrons. The molecule has 0 bridgehead atoms. The zero-order valence-electron chi connectivity index (χ0n) is 10.6. The summed E-state index contributed by atoms with van der Waals surface area (Å²) in [4.78, 5) is 13.0. The molecule has 1 aromatic carbocycles. The Morgan fingerprint density at radius 3 is 2.47 bits per heavy atom. The Labute approximate surface area is 112 Å². The number of benzene rings is 1. The third kappa shape index (κ3) is 2.71. The van der Waals surface area contributed by atoms with Crippen molar-refractivity contribution in [3.8, 4) is 0 Å². The van der Waals surface area contributed by atoms with Crippen LogP contribution in [-0.4, -0.2) is 39.6 Å². The summed E-state index contributed by atoms with van der Waals surface area (Å²) in [6.07, 6.45) is 2.03. The molecule has 1 aliphatic heterocycles. The maximum absolute atomic E-state index is 12.0. The third-order valence-electron chi connectivity index (χ3n) is 3.21. The Morgan fingerprint density at radius 1 is 1.32 bits per heavy atom. The predicted octanol–water partition coefficient (Wildman–Crippen LogP) is 0.893. The standard InChI is InChI=1S/C12H16N2O4S/c1-13-19(17,18)11-8-9(12(15)16)4-5-10(11)14-6-2-3-7-14/h4-5,8,13H,2-3,6-7H2,1H3,(H,15,16). The number of sulfonamides is 1. The van der Waals surface area contributed by atoms with Crippen LogP contribution in [0.1, 0.15) is 23.2 Å². The Balaban J connectivity index is 2.56. The van der Waals surface area contributed by atoms with Crippen LogP contribution in [0.15, 0.2) is 23.1 Å². The highest BCUT2D eigenvalue weighted by Crippen LogP contribution is 2.29. The molecule has 0 atom stereocenters. The first-order chi connectivity index (χ1) is 8.95. The average Bonchev–Trinajstić information content (AvgIpc) is 2.91. The summed E-state index contributed by atoms with van der Waals surface area (Å²) in [5, 5.41) is 8.98. The van der Waals surface area contributed by atoms with E-state index < -0.39 is 16.0 Å². The molecule has 0 aliphatic carbocycles. The van der Waals surface area contributed by atoms with E-state index in [2.05, 4.69) is 4.72 Å². The Hall–Kier alpha value is -1.60. The Kier molecular flexibility index (Phi) is 3.77. The molecule has 1 saturated heterocycles. The Morgan fingerprint density at radius 2 is 1.95 bits per heavy atom. The SMILES string of the molecule is CNS(=O)(=O)c1cc(C(=O)O)ccc1N1CCCC1. The second-order valence-electron chi connectivity index (χ2n) is 4.39. The molecule has 0 spiro atoms. The van der Waals surface area contributed by atoms with Gasteiger partial charge >= 0.3 is 5.97 Å². The number of nitrogens with one attached hydrogen (secondary N) is 1. The first kappa shape index (κ1) is 13.8. The van der Waals surface area contributed by atoms with Gasteiger partial charge in [-0.15, -0.1) is 0 Å².